The first-order valence-corrected chi connectivity index (χ1v) is 8.81. The molecule has 0 fully saturated rings. The molecule has 136 valence electrons. The van der Waals surface area contributed by atoms with Crippen molar-refractivity contribution in [2.75, 3.05) is 18.4 Å². The van der Waals surface area contributed by atoms with Gasteiger partial charge in [0.1, 0.15) is 23.3 Å². The minimum Gasteiger partial charge on any atom is -0.382 e. The molecule has 2 aromatic rings. The summed E-state index contributed by atoms with van der Waals surface area (Å²) in [7, 11) is -3.93. The van der Waals surface area contributed by atoms with Gasteiger partial charge in [0.05, 0.1) is 16.1 Å². The Morgan fingerprint density at radius 3 is 2.38 bits per heavy atom. The van der Waals surface area contributed by atoms with Crippen LogP contribution in [0.5, 0.6) is 0 Å². The van der Waals surface area contributed by atoms with E-state index in [4.69, 9.17) is 10.4 Å². The maximum absolute atomic E-state index is 13.5. The van der Waals surface area contributed by atoms with Crippen LogP contribution in [0.4, 0.5) is 14.5 Å². The van der Waals surface area contributed by atoms with Crippen molar-refractivity contribution in [1.29, 1.82) is 5.26 Å². The molecule has 2 aromatic carbocycles. The monoisotopic (exact) mass is 380 g/mol. The number of nitrogens with two attached hydrogens (primary N) is 1. The first-order valence-electron chi connectivity index (χ1n) is 7.27. The van der Waals surface area contributed by atoms with Crippen LogP contribution < -0.4 is 15.8 Å². The van der Waals surface area contributed by atoms with Crippen LogP contribution in [0.2, 0.25) is 0 Å². The molecule has 7 nitrogen and oxygen atoms in total. The Hall–Kier alpha value is -3.03. The van der Waals surface area contributed by atoms with E-state index in [0.29, 0.717) is 5.69 Å². The number of benzene rings is 2. The summed E-state index contributed by atoms with van der Waals surface area (Å²) < 4.78 is 49.5. The van der Waals surface area contributed by atoms with Crippen LogP contribution in [-0.2, 0) is 10.0 Å². The van der Waals surface area contributed by atoms with Crippen LogP contribution in [0, 0.1) is 23.0 Å². The minimum atomic E-state index is -3.93. The molecule has 0 atom stereocenters. The van der Waals surface area contributed by atoms with Crippen LogP contribution in [-0.4, -0.2) is 27.4 Å². The Bertz CT molecular complexity index is 967. The van der Waals surface area contributed by atoms with Gasteiger partial charge in [-0.25, -0.2) is 22.3 Å². The molecule has 0 unspecified atom stereocenters. The molecule has 0 heterocycles. The summed E-state index contributed by atoms with van der Waals surface area (Å²) in [6.45, 7) is 0.139. The van der Waals surface area contributed by atoms with Crippen LogP contribution in [0.15, 0.2) is 41.3 Å². The standard InChI is InChI=1S/C16H14F2N4O3S/c17-12-2-1-3-13(18)15(12)16(23)22-7-6-21-14-5-4-11(26(20,24)25)8-10(14)9-19/h1-5,8,21H,6-7H2,(H,22,23)(H2,20,24,25). The summed E-state index contributed by atoms with van der Waals surface area (Å²) in [5.41, 5.74) is -0.308. The van der Waals surface area contributed by atoms with Gasteiger partial charge in [0, 0.05) is 13.1 Å². The van der Waals surface area contributed by atoms with Crippen molar-refractivity contribution in [2.45, 2.75) is 4.90 Å². The lowest BCUT2D eigenvalue weighted by Crippen LogP contribution is -2.30. The Kier molecular flexibility index (Phi) is 5.86. The van der Waals surface area contributed by atoms with Crippen molar-refractivity contribution in [3.05, 3.63) is 59.2 Å². The van der Waals surface area contributed by atoms with E-state index < -0.39 is 33.1 Å². The van der Waals surface area contributed by atoms with Crippen molar-refractivity contribution >= 4 is 21.6 Å². The zero-order valence-electron chi connectivity index (χ0n) is 13.3. The van der Waals surface area contributed by atoms with Crippen molar-refractivity contribution in [3.8, 4) is 6.07 Å². The Morgan fingerprint density at radius 1 is 1.15 bits per heavy atom. The number of nitriles is 1. The molecule has 0 spiro atoms. The smallest absolute Gasteiger partial charge is 0.257 e. The maximum Gasteiger partial charge on any atom is 0.257 e. The van der Waals surface area contributed by atoms with Crippen molar-refractivity contribution in [3.63, 3.8) is 0 Å². The summed E-state index contributed by atoms with van der Waals surface area (Å²) in [6, 6.07) is 8.63. The van der Waals surface area contributed by atoms with Gasteiger partial charge in [-0.05, 0) is 30.3 Å². The third kappa shape index (κ3) is 4.53. The second-order valence-corrected chi connectivity index (χ2v) is 6.70. The highest BCUT2D eigenvalue weighted by atomic mass is 32.2. The third-order valence-corrected chi connectivity index (χ3v) is 4.27. The van der Waals surface area contributed by atoms with Gasteiger partial charge in [-0.2, -0.15) is 5.26 Å². The fourth-order valence-corrected chi connectivity index (χ4v) is 2.66. The minimum absolute atomic E-state index is 0.00835. The van der Waals surface area contributed by atoms with Gasteiger partial charge < -0.3 is 10.6 Å². The zero-order chi connectivity index (χ0) is 19.3. The number of carbonyl (C=O) groups excluding carboxylic acids is 1. The lowest BCUT2D eigenvalue weighted by atomic mass is 10.2. The number of carbonyl (C=O) groups is 1. The summed E-state index contributed by atoms with van der Waals surface area (Å²) in [5.74, 6) is -2.85. The van der Waals surface area contributed by atoms with Gasteiger partial charge in [0.2, 0.25) is 10.0 Å². The SMILES string of the molecule is N#Cc1cc(S(N)(=O)=O)ccc1NCCNC(=O)c1c(F)cccc1F. The predicted molar refractivity (Wildman–Crippen MR) is 89.7 cm³/mol. The quantitative estimate of drug-likeness (QED) is 0.652. The summed E-state index contributed by atoms with van der Waals surface area (Å²) in [5, 5.41) is 19.2. The van der Waals surface area contributed by atoms with E-state index in [9.17, 15) is 22.0 Å². The summed E-state index contributed by atoms with van der Waals surface area (Å²) in [6.07, 6.45) is 0. The van der Waals surface area contributed by atoms with Gasteiger partial charge >= 0.3 is 0 Å². The van der Waals surface area contributed by atoms with Crippen LogP contribution in [0.1, 0.15) is 15.9 Å². The van der Waals surface area contributed by atoms with E-state index in [0.717, 1.165) is 24.3 Å². The number of hydrogen-bond donors (Lipinski definition) is 3. The number of nitrogens with one attached hydrogen (secondary N) is 2. The summed E-state index contributed by atoms with van der Waals surface area (Å²) in [4.78, 5) is 11.6. The van der Waals surface area contributed by atoms with E-state index in [-0.39, 0.29) is 23.5 Å². The van der Waals surface area contributed by atoms with Crippen LogP contribution >= 0.6 is 0 Å². The molecule has 10 heteroatoms. The maximum atomic E-state index is 13.5. The highest BCUT2D eigenvalue weighted by molar-refractivity contribution is 7.89. The zero-order valence-corrected chi connectivity index (χ0v) is 14.1. The lowest BCUT2D eigenvalue weighted by molar-refractivity contribution is 0.0946. The molecular formula is C16H14F2N4O3S. The van der Waals surface area contributed by atoms with Crippen molar-refractivity contribution in [2.24, 2.45) is 5.14 Å². The van der Waals surface area contributed by atoms with E-state index in [1.165, 1.54) is 12.1 Å². The van der Waals surface area contributed by atoms with Crippen molar-refractivity contribution in [1.82, 2.24) is 5.32 Å². The molecule has 0 aliphatic rings. The van der Waals surface area contributed by atoms with E-state index in [1.807, 2.05) is 6.07 Å². The molecule has 0 radical (unpaired) electrons. The largest absolute Gasteiger partial charge is 0.382 e. The molecule has 4 N–H and O–H groups in total. The Balaban J connectivity index is 1.98. The molecule has 2 rings (SSSR count). The van der Waals surface area contributed by atoms with E-state index >= 15 is 0 Å². The third-order valence-electron chi connectivity index (χ3n) is 3.36. The second kappa shape index (κ2) is 7.90. The van der Waals surface area contributed by atoms with Crippen LogP contribution in [0.3, 0.4) is 0 Å². The van der Waals surface area contributed by atoms with Crippen LogP contribution in [0.25, 0.3) is 0 Å². The lowest BCUT2D eigenvalue weighted by Gasteiger charge is -2.11. The van der Waals surface area contributed by atoms with E-state index in [2.05, 4.69) is 10.6 Å². The fourth-order valence-electron chi connectivity index (χ4n) is 2.12. The number of hydrogen-bond acceptors (Lipinski definition) is 5. The Labute approximate surface area is 148 Å². The van der Waals surface area contributed by atoms with Gasteiger partial charge in [0.25, 0.3) is 5.91 Å². The second-order valence-electron chi connectivity index (χ2n) is 5.14. The van der Waals surface area contributed by atoms with Gasteiger partial charge in [-0.3, -0.25) is 4.79 Å². The molecule has 26 heavy (non-hydrogen) atoms. The van der Waals surface area contributed by atoms with Gasteiger partial charge in [-0.15, -0.1) is 0 Å². The number of anilines is 1. The number of primary sulfonamides is 1. The molecule has 0 aliphatic heterocycles. The topological polar surface area (TPSA) is 125 Å². The summed E-state index contributed by atoms with van der Waals surface area (Å²) >= 11 is 0. The normalized spacial score (nSPS) is 10.8. The molecule has 0 aromatic heterocycles. The van der Waals surface area contributed by atoms with Gasteiger partial charge in [0.15, 0.2) is 0 Å². The molecule has 0 bridgehead atoms. The predicted octanol–water partition coefficient (Wildman–Crippen LogP) is 1.33. The highest BCUT2D eigenvalue weighted by Gasteiger charge is 2.16. The highest BCUT2D eigenvalue weighted by Crippen LogP contribution is 2.18. The molecule has 0 saturated carbocycles. The van der Waals surface area contributed by atoms with Crippen molar-refractivity contribution < 1.29 is 22.0 Å². The number of rotatable bonds is 6. The number of sulfonamides is 1. The number of nitrogens with zero attached hydrogens (tertiary/aromatic N) is 1. The Morgan fingerprint density at radius 2 is 1.81 bits per heavy atom. The molecule has 0 aliphatic carbocycles. The number of amides is 1. The van der Waals surface area contributed by atoms with E-state index in [1.54, 1.807) is 0 Å². The molecule has 0 saturated heterocycles. The number of halogens is 2. The first kappa shape index (κ1) is 19.3. The molecule has 1 amide bonds. The average Bonchev–Trinajstić information content (AvgIpc) is 2.57. The first-order chi connectivity index (χ1) is 12.2. The molecular weight excluding hydrogens is 366 g/mol. The van der Waals surface area contributed by atoms with Gasteiger partial charge in [-0.1, -0.05) is 6.07 Å². The average molecular weight is 380 g/mol. The fraction of sp³-hybridized carbons (Fsp3) is 0.125.